The molecule has 102 valence electrons. The molecule has 0 radical (unpaired) electrons. The molecule has 2 unspecified atom stereocenters. The number of benzene rings is 1. The Bertz CT molecular complexity index is 545. The first kappa shape index (κ1) is 13.8. The summed E-state index contributed by atoms with van der Waals surface area (Å²) < 4.78 is 5.71. The molecule has 1 aromatic rings. The van der Waals surface area contributed by atoms with Crippen molar-refractivity contribution in [3.63, 3.8) is 0 Å². The van der Waals surface area contributed by atoms with Gasteiger partial charge in [-0.15, -0.1) is 0 Å². The number of hydrogen-bond donors (Lipinski definition) is 0. The van der Waals surface area contributed by atoms with E-state index in [0.717, 1.165) is 0 Å². The number of nitrogens with zero attached hydrogens (tertiary/aromatic N) is 1. The summed E-state index contributed by atoms with van der Waals surface area (Å²) in [5.41, 5.74) is -0.620. The number of nitro benzene ring substituents is 1. The fraction of sp³-hybridized carbons (Fsp3) is 0.462. The van der Waals surface area contributed by atoms with Crippen LogP contribution in [0.25, 0.3) is 0 Å². The van der Waals surface area contributed by atoms with Crippen molar-refractivity contribution in [3.05, 3.63) is 33.3 Å². The third kappa shape index (κ3) is 2.30. The lowest BCUT2D eigenvalue weighted by Gasteiger charge is -2.44. The summed E-state index contributed by atoms with van der Waals surface area (Å²) >= 11 is 5.81. The van der Waals surface area contributed by atoms with E-state index in [1.165, 1.54) is 18.2 Å². The van der Waals surface area contributed by atoms with Crippen molar-refractivity contribution in [1.82, 2.24) is 0 Å². The molecule has 1 aliphatic rings. The number of ether oxygens (including phenoxy) is 1. The highest BCUT2D eigenvalue weighted by Crippen LogP contribution is 2.43. The van der Waals surface area contributed by atoms with E-state index in [1.807, 2.05) is 13.8 Å². The van der Waals surface area contributed by atoms with Crippen LogP contribution >= 0.6 is 11.6 Å². The van der Waals surface area contributed by atoms with Crippen molar-refractivity contribution in [2.45, 2.75) is 32.8 Å². The van der Waals surface area contributed by atoms with Crippen LogP contribution < -0.4 is 4.74 Å². The van der Waals surface area contributed by atoms with E-state index in [-0.39, 0.29) is 22.6 Å². The molecule has 0 aliphatic heterocycles. The normalized spacial score (nSPS) is 25.8. The number of nitro groups is 1. The first-order valence-electron chi connectivity index (χ1n) is 6.02. The molecule has 0 spiro atoms. The fourth-order valence-electron chi connectivity index (χ4n) is 2.15. The predicted octanol–water partition coefficient (Wildman–Crippen LogP) is 3.38. The lowest BCUT2D eigenvalue weighted by molar-refractivity contribution is -0.384. The lowest BCUT2D eigenvalue weighted by atomic mass is 9.64. The molecule has 19 heavy (non-hydrogen) atoms. The van der Waals surface area contributed by atoms with E-state index < -0.39 is 10.3 Å². The van der Waals surface area contributed by atoms with E-state index in [0.29, 0.717) is 18.6 Å². The highest BCUT2D eigenvalue weighted by molar-refractivity contribution is 6.32. The topological polar surface area (TPSA) is 69.4 Å². The van der Waals surface area contributed by atoms with Crippen LogP contribution in [0.4, 0.5) is 5.69 Å². The second-order valence-electron chi connectivity index (χ2n) is 4.88. The Morgan fingerprint density at radius 3 is 2.74 bits per heavy atom. The average molecular weight is 284 g/mol. The molecule has 0 N–H and O–H groups in total. The van der Waals surface area contributed by atoms with Crippen LogP contribution in [0.3, 0.4) is 0 Å². The number of rotatable bonds is 4. The number of hydrogen-bond acceptors (Lipinski definition) is 4. The van der Waals surface area contributed by atoms with Gasteiger partial charge in [0.25, 0.3) is 5.69 Å². The molecule has 5 nitrogen and oxygen atoms in total. The Kier molecular flexibility index (Phi) is 3.49. The molecule has 0 amide bonds. The number of ketones is 1. The molecule has 2 rings (SSSR count). The van der Waals surface area contributed by atoms with Crippen molar-refractivity contribution in [3.8, 4) is 5.75 Å². The number of halogens is 1. The van der Waals surface area contributed by atoms with Crippen LogP contribution in [0.5, 0.6) is 5.75 Å². The van der Waals surface area contributed by atoms with Gasteiger partial charge in [0, 0.05) is 18.6 Å². The number of carbonyl (C=O) groups is 1. The van der Waals surface area contributed by atoms with Gasteiger partial charge in [-0.25, -0.2) is 0 Å². The fourth-order valence-corrected chi connectivity index (χ4v) is 2.38. The van der Waals surface area contributed by atoms with Gasteiger partial charge in [0.2, 0.25) is 0 Å². The van der Waals surface area contributed by atoms with Crippen LogP contribution in [0.15, 0.2) is 18.2 Å². The summed E-state index contributed by atoms with van der Waals surface area (Å²) in [6.07, 6.45) is 0.887. The van der Waals surface area contributed by atoms with Gasteiger partial charge in [-0.05, 0) is 19.4 Å². The van der Waals surface area contributed by atoms with Gasteiger partial charge in [-0.2, -0.15) is 0 Å². The zero-order valence-electron chi connectivity index (χ0n) is 10.7. The van der Waals surface area contributed by atoms with Crippen molar-refractivity contribution < 1.29 is 14.5 Å². The molecular formula is C13H14ClNO4. The van der Waals surface area contributed by atoms with E-state index in [1.54, 1.807) is 0 Å². The van der Waals surface area contributed by atoms with Crippen LogP contribution in [0.1, 0.15) is 26.7 Å². The molecule has 1 fully saturated rings. The molecule has 2 atom stereocenters. The van der Waals surface area contributed by atoms with Crippen molar-refractivity contribution >= 4 is 23.1 Å². The van der Waals surface area contributed by atoms with Crippen LogP contribution in [0.2, 0.25) is 5.02 Å². The highest BCUT2D eigenvalue weighted by Gasteiger charge is 2.51. The Morgan fingerprint density at radius 2 is 2.26 bits per heavy atom. The molecule has 0 bridgehead atoms. The van der Waals surface area contributed by atoms with Crippen LogP contribution in [0, 0.1) is 15.5 Å². The Balaban J connectivity index is 2.15. The van der Waals surface area contributed by atoms with E-state index in [4.69, 9.17) is 16.3 Å². The summed E-state index contributed by atoms with van der Waals surface area (Å²) in [6.45, 7) is 3.81. The molecule has 0 saturated heterocycles. The summed E-state index contributed by atoms with van der Waals surface area (Å²) in [6, 6.07) is 4.23. The third-order valence-electron chi connectivity index (χ3n) is 3.85. The lowest BCUT2D eigenvalue weighted by Crippen LogP contribution is -2.54. The quantitative estimate of drug-likeness (QED) is 0.627. The Morgan fingerprint density at radius 1 is 1.58 bits per heavy atom. The van der Waals surface area contributed by atoms with Gasteiger partial charge in [0.15, 0.2) is 0 Å². The SMILES string of the molecule is CCC1(C)C(=O)CC1Oc1ccc([N+](=O)[O-])c(Cl)c1. The van der Waals surface area contributed by atoms with E-state index in [2.05, 4.69) is 0 Å². The first-order chi connectivity index (χ1) is 8.88. The van der Waals surface area contributed by atoms with Crippen LogP contribution in [-0.4, -0.2) is 16.8 Å². The Labute approximate surface area is 115 Å². The van der Waals surface area contributed by atoms with Gasteiger partial charge in [-0.3, -0.25) is 14.9 Å². The van der Waals surface area contributed by atoms with Gasteiger partial charge < -0.3 is 4.74 Å². The minimum Gasteiger partial charge on any atom is -0.489 e. The number of carbonyl (C=O) groups excluding carboxylic acids is 1. The van der Waals surface area contributed by atoms with Gasteiger partial charge in [-0.1, -0.05) is 18.5 Å². The molecular weight excluding hydrogens is 270 g/mol. The van der Waals surface area contributed by atoms with E-state index >= 15 is 0 Å². The standard InChI is InChI=1S/C13H14ClNO4/c1-3-13(2)11(16)7-12(13)19-8-4-5-10(15(17)18)9(14)6-8/h4-6,12H,3,7H2,1-2H3. The summed E-state index contributed by atoms with van der Waals surface area (Å²) in [5, 5.41) is 10.7. The van der Waals surface area contributed by atoms with Crippen molar-refractivity contribution in [2.75, 3.05) is 0 Å². The maximum absolute atomic E-state index is 11.6. The molecule has 0 heterocycles. The molecule has 1 aromatic carbocycles. The maximum Gasteiger partial charge on any atom is 0.288 e. The maximum atomic E-state index is 11.6. The smallest absolute Gasteiger partial charge is 0.288 e. The summed E-state index contributed by atoms with van der Waals surface area (Å²) in [4.78, 5) is 21.7. The highest BCUT2D eigenvalue weighted by atomic mass is 35.5. The van der Waals surface area contributed by atoms with Crippen LogP contribution in [-0.2, 0) is 4.79 Å². The molecule has 6 heteroatoms. The molecule has 1 saturated carbocycles. The monoisotopic (exact) mass is 283 g/mol. The molecule has 0 aromatic heterocycles. The Hall–Kier alpha value is -1.62. The average Bonchev–Trinajstić information content (AvgIpc) is 2.37. The largest absolute Gasteiger partial charge is 0.489 e. The second-order valence-corrected chi connectivity index (χ2v) is 5.28. The van der Waals surface area contributed by atoms with E-state index in [9.17, 15) is 14.9 Å². The second kappa shape index (κ2) is 4.81. The minimum absolute atomic E-state index is 0.0337. The third-order valence-corrected chi connectivity index (χ3v) is 4.15. The van der Waals surface area contributed by atoms with Crippen molar-refractivity contribution in [2.24, 2.45) is 5.41 Å². The van der Waals surface area contributed by atoms with Gasteiger partial charge in [0.05, 0.1) is 10.3 Å². The zero-order chi connectivity index (χ0) is 14.2. The minimum atomic E-state index is -0.546. The zero-order valence-corrected chi connectivity index (χ0v) is 11.4. The molecule has 1 aliphatic carbocycles. The first-order valence-corrected chi connectivity index (χ1v) is 6.40. The predicted molar refractivity (Wildman–Crippen MR) is 70.5 cm³/mol. The summed E-state index contributed by atoms with van der Waals surface area (Å²) in [7, 11) is 0. The van der Waals surface area contributed by atoms with Crippen molar-refractivity contribution in [1.29, 1.82) is 0 Å². The van der Waals surface area contributed by atoms with Gasteiger partial charge >= 0.3 is 0 Å². The van der Waals surface area contributed by atoms with Gasteiger partial charge in [0.1, 0.15) is 22.7 Å². The number of Topliss-reactive ketones (excluding diaryl/α,β-unsaturated/α-hetero) is 1. The summed E-state index contributed by atoms with van der Waals surface area (Å²) in [5.74, 6) is 0.640.